The van der Waals surface area contributed by atoms with Crippen LogP contribution < -0.4 is 5.73 Å². The van der Waals surface area contributed by atoms with Gasteiger partial charge in [-0.25, -0.2) is 4.99 Å². The minimum absolute atomic E-state index is 0.0764. The van der Waals surface area contributed by atoms with Crippen LogP contribution in [0.25, 0.3) is 0 Å². The first-order valence-electron chi connectivity index (χ1n) is 5.98. The predicted octanol–water partition coefficient (Wildman–Crippen LogP) is 2.36. The summed E-state index contributed by atoms with van der Waals surface area (Å²) in [5.41, 5.74) is 5.93. The van der Waals surface area contributed by atoms with Crippen LogP contribution in [0, 0.1) is 0 Å². The highest BCUT2D eigenvalue weighted by Gasteiger charge is 2.20. The van der Waals surface area contributed by atoms with Crippen molar-refractivity contribution >= 4 is 5.96 Å². The Balaban J connectivity index is 2.58. The van der Waals surface area contributed by atoms with Crippen molar-refractivity contribution in [3.05, 3.63) is 0 Å². The van der Waals surface area contributed by atoms with Gasteiger partial charge in [-0.1, -0.05) is 19.3 Å². The molecule has 15 heavy (non-hydrogen) atoms. The molecule has 1 aliphatic carbocycles. The lowest BCUT2D eigenvalue weighted by Crippen LogP contribution is -2.43. The molecule has 3 nitrogen and oxygen atoms in total. The van der Waals surface area contributed by atoms with E-state index in [0.717, 1.165) is 0 Å². The van der Waals surface area contributed by atoms with Gasteiger partial charge in [0.05, 0.1) is 5.54 Å². The van der Waals surface area contributed by atoms with E-state index in [4.69, 9.17) is 5.73 Å². The van der Waals surface area contributed by atoms with Crippen molar-refractivity contribution in [3.8, 4) is 0 Å². The van der Waals surface area contributed by atoms with E-state index in [0.29, 0.717) is 12.0 Å². The monoisotopic (exact) mass is 211 g/mol. The maximum absolute atomic E-state index is 6.01. The minimum Gasteiger partial charge on any atom is -0.370 e. The Morgan fingerprint density at radius 1 is 1.20 bits per heavy atom. The molecule has 1 fully saturated rings. The van der Waals surface area contributed by atoms with Gasteiger partial charge in [0.2, 0.25) is 0 Å². The van der Waals surface area contributed by atoms with Gasteiger partial charge in [-0.15, -0.1) is 0 Å². The van der Waals surface area contributed by atoms with Gasteiger partial charge in [-0.2, -0.15) is 0 Å². The fourth-order valence-corrected chi connectivity index (χ4v) is 2.08. The average molecular weight is 211 g/mol. The second-order valence-electron chi connectivity index (χ2n) is 5.54. The zero-order chi connectivity index (χ0) is 11.5. The summed E-state index contributed by atoms with van der Waals surface area (Å²) in [4.78, 5) is 6.66. The molecule has 1 rings (SSSR count). The normalized spacial score (nSPS) is 20.4. The number of rotatable bonds is 1. The Hall–Kier alpha value is -0.730. The number of aliphatic imine (C=N–C) groups is 1. The lowest BCUT2D eigenvalue weighted by atomic mass is 9.95. The summed E-state index contributed by atoms with van der Waals surface area (Å²) in [5, 5.41) is 0. The number of hydrogen-bond acceptors (Lipinski definition) is 1. The Morgan fingerprint density at radius 3 is 2.20 bits per heavy atom. The van der Waals surface area contributed by atoms with Crippen LogP contribution in [0.1, 0.15) is 52.9 Å². The highest BCUT2D eigenvalue weighted by Crippen LogP contribution is 2.21. The van der Waals surface area contributed by atoms with Gasteiger partial charge in [-0.3, -0.25) is 0 Å². The van der Waals surface area contributed by atoms with Crippen LogP contribution in [0.2, 0.25) is 0 Å². The second-order valence-corrected chi connectivity index (χ2v) is 5.54. The first-order valence-corrected chi connectivity index (χ1v) is 5.98. The Morgan fingerprint density at radius 2 is 1.73 bits per heavy atom. The number of nitrogens with two attached hydrogens (primary N) is 1. The summed E-state index contributed by atoms with van der Waals surface area (Å²) in [6.45, 7) is 6.23. The zero-order valence-corrected chi connectivity index (χ0v) is 10.6. The molecule has 0 spiro atoms. The van der Waals surface area contributed by atoms with Crippen LogP contribution >= 0.6 is 0 Å². The molecule has 0 aromatic carbocycles. The van der Waals surface area contributed by atoms with Gasteiger partial charge in [0.1, 0.15) is 0 Å². The van der Waals surface area contributed by atoms with Crippen LogP contribution in [0.15, 0.2) is 4.99 Å². The maximum Gasteiger partial charge on any atom is 0.191 e. The minimum atomic E-state index is -0.0764. The van der Waals surface area contributed by atoms with Gasteiger partial charge in [0, 0.05) is 13.1 Å². The highest BCUT2D eigenvalue weighted by atomic mass is 15.3. The Bertz CT molecular complexity index is 222. The van der Waals surface area contributed by atoms with Crippen LogP contribution in [-0.2, 0) is 0 Å². The molecular weight excluding hydrogens is 186 g/mol. The van der Waals surface area contributed by atoms with Crippen LogP contribution in [0.5, 0.6) is 0 Å². The van der Waals surface area contributed by atoms with Gasteiger partial charge in [0.25, 0.3) is 0 Å². The highest BCUT2D eigenvalue weighted by molar-refractivity contribution is 5.78. The van der Waals surface area contributed by atoms with Crippen LogP contribution in [-0.4, -0.2) is 29.5 Å². The van der Waals surface area contributed by atoms with E-state index in [2.05, 4.69) is 37.7 Å². The summed E-state index contributed by atoms with van der Waals surface area (Å²) in [5.74, 6) is 0.689. The molecule has 0 heterocycles. The summed E-state index contributed by atoms with van der Waals surface area (Å²) in [6.07, 6.45) is 6.56. The van der Waals surface area contributed by atoms with E-state index in [1.54, 1.807) is 0 Å². The molecule has 0 aromatic rings. The van der Waals surface area contributed by atoms with Gasteiger partial charge in [0.15, 0.2) is 5.96 Å². The molecule has 0 amide bonds. The fourth-order valence-electron chi connectivity index (χ4n) is 2.08. The molecule has 0 saturated heterocycles. The molecule has 0 aromatic heterocycles. The van der Waals surface area contributed by atoms with Crippen LogP contribution in [0.4, 0.5) is 0 Å². The molecule has 0 radical (unpaired) electrons. The van der Waals surface area contributed by atoms with Crippen molar-refractivity contribution in [1.29, 1.82) is 0 Å². The van der Waals surface area contributed by atoms with Crippen molar-refractivity contribution in [2.45, 2.75) is 64.5 Å². The fraction of sp³-hybridized carbons (Fsp3) is 0.917. The first-order chi connectivity index (χ1) is 6.90. The number of guanidine groups is 1. The van der Waals surface area contributed by atoms with E-state index in [-0.39, 0.29) is 5.54 Å². The van der Waals surface area contributed by atoms with E-state index < -0.39 is 0 Å². The van der Waals surface area contributed by atoms with E-state index in [1.165, 1.54) is 32.1 Å². The molecule has 3 heteroatoms. The molecule has 1 saturated carbocycles. The predicted molar refractivity (Wildman–Crippen MR) is 66.0 cm³/mol. The third-order valence-electron chi connectivity index (χ3n) is 2.93. The number of hydrogen-bond donors (Lipinski definition) is 1. The molecule has 0 atom stereocenters. The largest absolute Gasteiger partial charge is 0.370 e. The van der Waals surface area contributed by atoms with Crippen molar-refractivity contribution in [2.24, 2.45) is 10.7 Å². The first kappa shape index (κ1) is 12.3. The molecule has 88 valence electrons. The van der Waals surface area contributed by atoms with E-state index in [9.17, 15) is 0 Å². The lowest BCUT2D eigenvalue weighted by molar-refractivity contribution is 0.274. The molecule has 1 aliphatic rings. The third kappa shape index (κ3) is 4.10. The zero-order valence-electron chi connectivity index (χ0n) is 10.6. The Labute approximate surface area is 93.7 Å². The van der Waals surface area contributed by atoms with E-state index in [1.807, 2.05) is 0 Å². The maximum atomic E-state index is 6.01. The molecular formula is C12H25N3. The molecule has 0 unspecified atom stereocenters. The second kappa shape index (κ2) is 4.86. The average Bonchev–Trinajstić information content (AvgIpc) is 2.15. The van der Waals surface area contributed by atoms with Crippen molar-refractivity contribution in [3.63, 3.8) is 0 Å². The smallest absolute Gasteiger partial charge is 0.191 e. The molecule has 0 aliphatic heterocycles. The van der Waals surface area contributed by atoms with Gasteiger partial charge < -0.3 is 10.6 Å². The van der Waals surface area contributed by atoms with Crippen molar-refractivity contribution in [2.75, 3.05) is 7.05 Å². The number of nitrogens with zero attached hydrogens (tertiary/aromatic N) is 2. The Kier molecular flexibility index (Phi) is 4.00. The summed E-state index contributed by atoms with van der Waals surface area (Å²) < 4.78 is 0. The topological polar surface area (TPSA) is 41.6 Å². The van der Waals surface area contributed by atoms with Gasteiger partial charge >= 0.3 is 0 Å². The molecule has 0 bridgehead atoms. The quantitative estimate of drug-likeness (QED) is 0.534. The third-order valence-corrected chi connectivity index (χ3v) is 2.93. The van der Waals surface area contributed by atoms with E-state index >= 15 is 0 Å². The SMILES string of the molecule is CN(C(N)=NC(C)(C)C)C1CCCCC1. The molecule has 2 N–H and O–H groups in total. The summed E-state index contributed by atoms with van der Waals surface area (Å²) in [6, 6.07) is 0.602. The standard InChI is InChI=1S/C12H25N3/c1-12(2,3)14-11(13)15(4)10-8-6-5-7-9-10/h10H,5-9H2,1-4H3,(H2,13,14). The van der Waals surface area contributed by atoms with Crippen molar-refractivity contribution < 1.29 is 0 Å². The summed E-state index contributed by atoms with van der Waals surface area (Å²) in [7, 11) is 2.07. The summed E-state index contributed by atoms with van der Waals surface area (Å²) >= 11 is 0. The van der Waals surface area contributed by atoms with Crippen molar-refractivity contribution in [1.82, 2.24) is 4.90 Å². The van der Waals surface area contributed by atoms with Gasteiger partial charge in [-0.05, 0) is 33.6 Å². The lowest BCUT2D eigenvalue weighted by Gasteiger charge is -2.32. The van der Waals surface area contributed by atoms with Crippen LogP contribution in [0.3, 0.4) is 0 Å².